The summed E-state index contributed by atoms with van der Waals surface area (Å²) in [5.74, 6) is 0. The van der Waals surface area contributed by atoms with Gasteiger partial charge >= 0.3 is 0 Å². The average molecular weight is 83.1 g/mol. The van der Waals surface area contributed by atoms with E-state index in [0.717, 1.165) is 6.54 Å². The van der Waals surface area contributed by atoms with Gasteiger partial charge in [-0.15, -0.1) is 0 Å². The van der Waals surface area contributed by atoms with Gasteiger partial charge in [0.25, 0.3) is 0 Å². The molecule has 0 bridgehead atoms. The second-order valence-corrected chi connectivity index (χ2v) is 1.63. The predicted molar refractivity (Wildman–Crippen MR) is 26.4 cm³/mol. The van der Waals surface area contributed by atoms with E-state index in [0.29, 0.717) is 0 Å². The number of hydrogen-bond donors (Lipinski definition) is 1. The molecule has 0 aromatic rings. The molecule has 0 aromatic heterocycles. The number of hydrogen-bond acceptors (Lipinski definition) is 1. The van der Waals surface area contributed by atoms with Crippen molar-refractivity contribution in [3.05, 3.63) is 12.3 Å². The molecule has 1 heteroatoms. The summed E-state index contributed by atoms with van der Waals surface area (Å²) in [5, 5.41) is 3.12. The van der Waals surface area contributed by atoms with E-state index in [2.05, 4.69) is 11.9 Å². The molecule has 0 atom stereocenters. The molecule has 0 saturated carbocycles. The van der Waals surface area contributed by atoms with Crippen LogP contribution in [0.15, 0.2) is 12.3 Å². The van der Waals surface area contributed by atoms with Gasteiger partial charge in [0, 0.05) is 12.2 Å². The summed E-state index contributed by atoms with van der Waals surface area (Å²) in [5.41, 5.74) is 1.20. The van der Waals surface area contributed by atoms with Crippen molar-refractivity contribution < 1.29 is 0 Å². The van der Waals surface area contributed by atoms with Gasteiger partial charge in [-0.1, -0.05) is 6.58 Å². The molecular formula is C5H9N. The van der Waals surface area contributed by atoms with Crippen LogP contribution in [-0.2, 0) is 0 Å². The molecule has 0 aliphatic carbocycles. The minimum Gasteiger partial charge on any atom is -0.389 e. The highest BCUT2D eigenvalue weighted by atomic mass is 14.9. The van der Waals surface area contributed by atoms with Crippen LogP contribution >= 0.6 is 0 Å². The maximum absolute atomic E-state index is 3.74. The lowest BCUT2D eigenvalue weighted by Gasteiger charge is -1.87. The van der Waals surface area contributed by atoms with Crippen LogP contribution in [0.1, 0.15) is 12.8 Å². The minimum atomic E-state index is 1.14. The molecule has 1 nitrogen and oxygen atoms in total. The summed E-state index contributed by atoms with van der Waals surface area (Å²) in [4.78, 5) is 0. The number of nitrogens with one attached hydrogen (secondary N) is 1. The van der Waals surface area contributed by atoms with Crippen LogP contribution in [0.5, 0.6) is 0 Å². The van der Waals surface area contributed by atoms with Crippen molar-refractivity contribution in [3.8, 4) is 0 Å². The van der Waals surface area contributed by atoms with E-state index in [9.17, 15) is 0 Å². The summed E-state index contributed by atoms with van der Waals surface area (Å²) < 4.78 is 0. The highest BCUT2D eigenvalue weighted by Gasteiger charge is 1.98. The van der Waals surface area contributed by atoms with Crippen LogP contribution in [0.3, 0.4) is 0 Å². The van der Waals surface area contributed by atoms with E-state index >= 15 is 0 Å². The molecule has 0 unspecified atom stereocenters. The third kappa shape index (κ3) is 0.534. The maximum Gasteiger partial charge on any atom is 0.0147 e. The van der Waals surface area contributed by atoms with Gasteiger partial charge in [0.2, 0.25) is 0 Å². The summed E-state index contributed by atoms with van der Waals surface area (Å²) in [6.45, 7) is 4.88. The van der Waals surface area contributed by atoms with Gasteiger partial charge in [-0.2, -0.15) is 0 Å². The Morgan fingerprint density at radius 2 is 2.50 bits per heavy atom. The molecule has 1 fully saturated rings. The summed E-state index contributed by atoms with van der Waals surface area (Å²) in [7, 11) is 0. The van der Waals surface area contributed by atoms with Gasteiger partial charge in [-0.05, 0) is 12.8 Å². The van der Waals surface area contributed by atoms with Gasteiger partial charge in [-0.25, -0.2) is 0 Å². The fourth-order valence-corrected chi connectivity index (χ4v) is 0.655. The molecule has 0 amide bonds. The maximum atomic E-state index is 3.74. The van der Waals surface area contributed by atoms with Gasteiger partial charge in [0.15, 0.2) is 0 Å². The van der Waals surface area contributed by atoms with Gasteiger partial charge in [0.1, 0.15) is 0 Å². The second kappa shape index (κ2) is 1.33. The van der Waals surface area contributed by atoms with E-state index in [-0.39, 0.29) is 0 Å². The molecule has 0 spiro atoms. The van der Waals surface area contributed by atoms with Crippen LogP contribution in [0.25, 0.3) is 0 Å². The van der Waals surface area contributed by atoms with E-state index in [1.165, 1.54) is 18.5 Å². The Kier molecular flexibility index (Phi) is 0.825. The molecule has 1 saturated heterocycles. The predicted octanol–water partition coefficient (Wildman–Crippen LogP) is 0.883. The molecule has 34 valence electrons. The van der Waals surface area contributed by atoms with Crippen molar-refractivity contribution in [1.82, 2.24) is 5.32 Å². The lowest BCUT2D eigenvalue weighted by atomic mass is 10.3. The Morgan fingerprint density at radius 1 is 1.67 bits per heavy atom. The van der Waals surface area contributed by atoms with E-state index in [1.54, 1.807) is 0 Å². The Bertz CT molecular complexity index is 58.3. The van der Waals surface area contributed by atoms with Gasteiger partial charge < -0.3 is 5.32 Å². The molecule has 0 radical (unpaired) electrons. The summed E-state index contributed by atoms with van der Waals surface area (Å²) in [6, 6.07) is 0. The normalized spacial score (nSPS) is 21.0. The lowest BCUT2D eigenvalue weighted by molar-refractivity contribution is 0.904. The van der Waals surface area contributed by atoms with Gasteiger partial charge in [-0.3, -0.25) is 0 Å². The lowest BCUT2D eigenvalue weighted by Crippen LogP contribution is -2.00. The van der Waals surface area contributed by atoms with E-state index < -0.39 is 0 Å². The first-order valence-electron chi connectivity index (χ1n) is 2.31. The zero-order valence-corrected chi connectivity index (χ0v) is 3.83. The fourth-order valence-electron chi connectivity index (χ4n) is 0.655. The Morgan fingerprint density at radius 3 is 2.67 bits per heavy atom. The van der Waals surface area contributed by atoms with Crippen LogP contribution in [0.2, 0.25) is 0 Å². The molecule has 1 aliphatic rings. The Labute approximate surface area is 38.1 Å². The molecular weight excluding hydrogens is 74.1 g/mol. The van der Waals surface area contributed by atoms with Crippen LogP contribution in [-0.4, -0.2) is 6.54 Å². The van der Waals surface area contributed by atoms with Gasteiger partial charge in [0.05, 0.1) is 0 Å². The van der Waals surface area contributed by atoms with Crippen molar-refractivity contribution in [2.24, 2.45) is 0 Å². The van der Waals surface area contributed by atoms with Crippen molar-refractivity contribution in [1.29, 1.82) is 0 Å². The van der Waals surface area contributed by atoms with Crippen LogP contribution in [0.4, 0.5) is 0 Å². The zero-order chi connectivity index (χ0) is 4.41. The smallest absolute Gasteiger partial charge is 0.0147 e. The highest BCUT2D eigenvalue weighted by Crippen LogP contribution is 2.03. The standard InChI is InChI=1S/C5H9N/c1-5-3-2-4-6-5/h6H,1-4H2. The Balaban J connectivity index is 2.37. The first kappa shape index (κ1) is 3.72. The highest BCUT2D eigenvalue weighted by molar-refractivity contribution is 4.95. The molecule has 1 heterocycles. The third-order valence-electron chi connectivity index (χ3n) is 1.03. The molecule has 1 aliphatic heterocycles. The van der Waals surface area contributed by atoms with E-state index in [1.807, 2.05) is 0 Å². The van der Waals surface area contributed by atoms with Crippen molar-refractivity contribution >= 4 is 0 Å². The SMILES string of the molecule is C=C1CCCN1. The monoisotopic (exact) mass is 83.1 g/mol. The molecule has 1 rings (SSSR count). The first-order valence-corrected chi connectivity index (χ1v) is 2.31. The van der Waals surface area contributed by atoms with Crippen molar-refractivity contribution in [2.45, 2.75) is 12.8 Å². The zero-order valence-electron chi connectivity index (χ0n) is 3.83. The topological polar surface area (TPSA) is 12.0 Å². The second-order valence-electron chi connectivity index (χ2n) is 1.63. The van der Waals surface area contributed by atoms with Crippen LogP contribution < -0.4 is 5.32 Å². The first-order chi connectivity index (χ1) is 2.89. The largest absolute Gasteiger partial charge is 0.389 e. The quantitative estimate of drug-likeness (QED) is 0.458. The summed E-state index contributed by atoms with van der Waals surface area (Å²) in [6.07, 6.45) is 2.46. The minimum absolute atomic E-state index is 1.14. The summed E-state index contributed by atoms with van der Waals surface area (Å²) >= 11 is 0. The molecule has 0 aromatic carbocycles. The van der Waals surface area contributed by atoms with Crippen LogP contribution in [0, 0.1) is 0 Å². The number of allylic oxidation sites excluding steroid dienone is 1. The molecule has 6 heavy (non-hydrogen) atoms. The third-order valence-corrected chi connectivity index (χ3v) is 1.03. The fraction of sp³-hybridized carbons (Fsp3) is 0.600. The van der Waals surface area contributed by atoms with E-state index in [4.69, 9.17) is 0 Å². The molecule has 1 N–H and O–H groups in total. The van der Waals surface area contributed by atoms with Crippen molar-refractivity contribution in [2.75, 3.05) is 6.54 Å². The van der Waals surface area contributed by atoms with Crippen molar-refractivity contribution in [3.63, 3.8) is 0 Å². The average Bonchev–Trinajstić information content (AvgIpc) is 1.86. The number of rotatable bonds is 0. The Hall–Kier alpha value is -0.460.